The predicted molar refractivity (Wildman–Crippen MR) is 79.5 cm³/mol. The minimum absolute atomic E-state index is 0.335. The number of nitrogen functional groups attached to an aromatic ring is 1. The number of carbonyl (C=O) groups excluding carboxylic acids is 1. The summed E-state index contributed by atoms with van der Waals surface area (Å²) in [5.41, 5.74) is 4.45. The Labute approximate surface area is 124 Å². The van der Waals surface area contributed by atoms with Crippen LogP contribution in [0.5, 0.6) is 0 Å². The molecule has 0 aliphatic carbocycles. The summed E-state index contributed by atoms with van der Waals surface area (Å²) in [4.78, 5) is 15.6. The third-order valence-electron chi connectivity index (χ3n) is 3.14. The topological polar surface area (TPSA) is 96.7 Å². The zero-order chi connectivity index (χ0) is 14.8. The Morgan fingerprint density at radius 1 is 1.48 bits per heavy atom. The number of hydrogen-bond donors (Lipinski definition) is 2. The molecule has 0 bridgehead atoms. The van der Waals surface area contributed by atoms with Crippen molar-refractivity contribution in [1.29, 1.82) is 5.26 Å². The molecule has 21 heavy (non-hydrogen) atoms. The quantitative estimate of drug-likeness (QED) is 0.436. The molecular formula is C14H11N5OS. The van der Waals surface area contributed by atoms with Gasteiger partial charge in [-0.15, -0.1) is 11.3 Å². The second-order valence-corrected chi connectivity index (χ2v) is 5.27. The molecule has 7 heteroatoms. The van der Waals surface area contributed by atoms with Gasteiger partial charge in [-0.25, -0.2) is 10.8 Å². The fourth-order valence-electron chi connectivity index (χ4n) is 2.18. The molecule has 0 unspecified atom stereocenters. The van der Waals surface area contributed by atoms with Gasteiger partial charge in [0.2, 0.25) is 0 Å². The molecule has 1 aromatic carbocycles. The van der Waals surface area contributed by atoms with Gasteiger partial charge in [0.05, 0.1) is 23.9 Å². The van der Waals surface area contributed by atoms with Crippen molar-refractivity contribution in [2.75, 3.05) is 0 Å². The lowest BCUT2D eigenvalue weighted by atomic mass is 10.1. The van der Waals surface area contributed by atoms with Crippen LogP contribution in [0.15, 0.2) is 35.8 Å². The number of benzene rings is 1. The summed E-state index contributed by atoms with van der Waals surface area (Å²) >= 11 is 1.25. The molecule has 0 saturated carbocycles. The molecule has 0 fully saturated rings. The lowest BCUT2D eigenvalue weighted by Crippen LogP contribution is -2.29. The summed E-state index contributed by atoms with van der Waals surface area (Å²) in [6.45, 7) is 0.534. The highest BCUT2D eigenvalue weighted by molar-refractivity contribution is 7.11. The van der Waals surface area contributed by atoms with Crippen LogP contribution in [0.3, 0.4) is 0 Å². The van der Waals surface area contributed by atoms with Crippen LogP contribution in [-0.2, 0) is 6.54 Å². The Bertz CT molecular complexity index is 858. The minimum Gasteiger partial charge on any atom is -0.341 e. The molecule has 3 aromatic rings. The zero-order valence-corrected chi connectivity index (χ0v) is 11.7. The van der Waals surface area contributed by atoms with Gasteiger partial charge in [-0.05, 0) is 18.2 Å². The Hall–Kier alpha value is -2.69. The zero-order valence-electron chi connectivity index (χ0n) is 10.9. The van der Waals surface area contributed by atoms with Crippen LogP contribution in [0.4, 0.5) is 0 Å². The van der Waals surface area contributed by atoms with Crippen molar-refractivity contribution in [2.45, 2.75) is 6.54 Å². The molecule has 0 aliphatic heterocycles. The smallest absolute Gasteiger partial charge is 0.294 e. The SMILES string of the molecule is N#Cc1cccc2c1ccn2Cc1csc(C(=O)NN)n1. The van der Waals surface area contributed by atoms with Crippen LogP contribution in [0, 0.1) is 11.3 Å². The number of hydrazine groups is 1. The first-order valence-corrected chi connectivity index (χ1v) is 7.04. The van der Waals surface area contributed by atoms with Gasteiger partial charge in [-0.3, -0.25) is 10.2 Å². The molecule has 3 rings (SSSR count). The number of rotatable bonds is 3. The van der Waals surface area contributed by atoms with Crippen molar-refractivity contribution in [1.82, 2.24) is 15.0 Å². The van der Waals surface area contributed by atoms with Gasteiger partial charge >= 0.3 is 0 Å². The Morgan fingerprint density at radius 3 is 3.10 bits per heavy atom. The first kappa shape index (κ1) is 13.3. The molecule has 2 heterocycles. The molecule has 3 N–H and O–H groups in total. The van der Waals surface area contributed by atoms with E-state index in [0.717, 1.165) is 16.6 Å². The van der Waals surface area contributed by atoms with Gasteiger partial charge in [-0.1, -0.05) is 6.07 Å². The molecule has 6 nitrogen and oxygen atoms in total. The predicted octanol–water partition coefficient (Wildman–Crippen LogP) is 1.62. The molecule has 0 aliphatic rings. The minimum atomic E-state index is -0.393. The van der Waals surface area contributed by atoms with Gasteiger partial charge < -0.3 is 4.57 Å². The van der Waals surface area contributed by atoms with Crippen molar-refractivity contribution >= 4 is 28.1 Å². The molecule has 0 radical (unpaired) electrons. The molecule has 0 spiro atoms. The molecule has 2 aromatic heterocycles. The van der Waals surface area contributed by atoms with Crippen molar-refractivity contribution < 1.29 is 4.79 Å². The van der Waals surface area contributed by atoms with E-state index in [1.54, 1.807) is 6.07 Å². The molecule has 1 amide bonds. The largest absolute Gasteiger partial charge is 0.341 e. The van der Waals surface area contributed by atoms with E-state index in [4.69, 9.17) is 11.1 Å². The normalized spacial score (nSPS) is 10.5. The van der Waals surface area contributed by atoms with Crippen LogP contribution in [0.2, 0.25) is 0 Å². The van der Waals surface area contributed by atoms with Gasteiger partial charge in [0.1, 0.15) is 0 Å². The lowest BCUT2D eigenvalue weighted by Gasteiger charge is -2.03. The monoisotopic (exact) mass is 297 g/mol. The second-order valence-electron chi connectivity index (χ2n) is 4.41. The van der Waals surface area contributed by atoms with Crippen molar-refractivity contribution in [3.63, 3.8) is 0 Å². The number of hydrogen-bond acceptors (Lipinski definition) is 5. The highest BCUT2D eigenvalue weighted by Crippen LogP contribution is 2.21. The number of carbonyl (C=O) groups is 1. The highest BCUT2D eigenvalue weighted by atomic mass is 32.1. The fourth-order valence-corrected chi connectivity index (χ4v) is 2.89. The van der Waals surface area contributed by atoms with E-state index in [1.165, 1.54) is 11.3 Å². The standard InChI is InChI=1S/C14H11N5OS/c15-6-9-2-1-3-12-11(9)4-5-19(12)7-10-8-21-14(17-10)13(20)18-16/h1-5,8H,7,16H2,(H,18,20). The van der Waals surface area contributed by atoms with Gasteiger partial charge in [0, 0.05) is 22.5 Å². The van der Waals surface area contributed by atoms with Crippen LogP contribution < -0.4 is 11.3 Å². The number of thiazole rings is 1. The molecule has 104 valence electrons. The van der Waals surface area contributed by atoms with E-state index in [1.807, 2.05) is 34.3 Å². The molecule has 0 atom stereocenters. The Kier molecular flexibility index (Phi) is 3.39. The summed E-state index contributed by atoms with van der Waals surface area (Å²) in [5, 5.41) is 12.2. The average Bonchev–Trinajstić information content (AvgIpc) is 3.14. The van der Waals surface area contributed by atoms with E-state index in [-0.39, 0.29) is 0 Å². The average molecular weight is 297 g/mol. The first-order valence-electron chi connectivity index (χ1n) is 6.16. The third kappa shape index (κ3) is 2.38. The van der Waals surface area contributed by atoms with Crippen LogP contribution >= 0.6 is 11.3 Å². The first-order chi connectivity index (χ1) is 10.2. The number of nitrogens with one attached hydrogen (secondary N) is 1. The van der Waals surface area contributed by atoms with Gasteiger partial charge in [0.25, 0.3) is 5.91 Å². The van der Waals surface area contributed by atoms with Gasteiger partial charge in [0.15, 0.2) is 5.01 Å². The number of amides is 1. The summed E-state index contributed by atoms with van der Waals surface area (Å²) in [6, 6.07) is 9.69. The maximum Gasteiger partial charge on any atom is 0.294 e. The van der Waals surface area contributed by atoms with Crippen molar-refractivity contribution in [3.05, 3.63) is 52.1 Å². The summed E-state index contributed by atoms with van der Waals surface area (Å²) in [5.74, 6) is 4.69. The van der Waals surface area contributed by atoms with Crippen molar-refractivity contribution in [2.24, 2.45) is 5.84 Å². The van der Waals surface area contributed by atoms with E-state index >= 15 is 0 Å². The fraction of sp³-hybridized carbons (Fsp3) is 0.0714. The van der Waals surface area contributed by atoms with E-state index in [0.29, 0.717) is 17.1 Å². The van der Waals surface area contributed by atoms with E-state index < -0.39 is 5.91 Å². The number of nitrogens with zero attached hydrogens (tertiary/aromatic N) is 3. The molecule has 0 saturated heterocycles. The Balaban J connectivity index is 1.94. The maximum absolute atomic E-state index is 11.4. The number of aromatic nitrogens is 2. The van der Waals surface area contributed by atoms with E-state index in [9.17, 15) is 4.79 Å². The lowest BCUT2D eigenvalue weighted by molar-refractivity contribution is 0.0953. The summed E-state index contributed by atoms with van der Waals surface area (Å²) in [6.07, 6.45) is 1.91. The van der Waals surface area contributed by atoms with Gasteiger partial charge in [-0.2, -0.15) is 5.26 Å². The maximum atomic E-state index is 11.4. The van der Waals surface area contributed by atoms with Crippen LogP contribution in [-0.4, -0.2) is 15.5 Å². The number of fused-ring (bicyclic) bond motifs is 1. The Morgan fingerprint density at radius 2 is 2.33 bits per heavy atom. The summed E-state index contributed by atoms with van der Waals surface area (Å²) in [7, 11) is 0. The highest BCUT2D eigenvalue weighted by Gasteiger charge is 2.11. The molecular weight excluding hydrogens is 286 g/mol. The van der Waals surface area contributed by atoms with Crippen molar-refractivity contribution in [3.8, 4) is 6.07 Å². The third-order valence-corrected chi connectivity index (χ3v) is 4.03. The second kappa shape index (κ2) is 5.36. The van der Waals surface area contributed by atoms with E-state index in [2.05, 4.69) is 16.5 Å². The van der Waals surface area contributed by atoms with Crippen LogP contribution in [0.1, 0.15) is 21.1 Å². The number of nitriles is 1. The summed E-state index contributed by atoms with van der Waals surface area (Å²) < 4.78 is 2.00. The van der Waals surface area contributed by atoms with Crippen LogP contribution in [0.25, 0.3) is 10.9 Å². The number of nitrogens with two attached hydrogens (primary N) is 1.